The first kappa shape index (κ1) is 35.4. The lowest BCUT2D eigenvalue weighted by Gasteiger charge is -2.17. The first-order chi connectivity index (χ1) is 30.1. The Morgan fingerprint density at radius 3 is 1.51 bits per heavy atom. The fourth-order valence-corrected chi connectivity index (χ4v) is 12.6. The zero-order valence-corrected chi connectivity index (χ0v) is 34.0. The molecule has 286 valence electrons. The van der Waals surface area contributed by atoms with Gasteiger partial charge in [-0.05, 0) is 51.4 Å². The Balaban J connectivity index is 1.17. The highest BCUT2D eigenvalue weighted by Gasteiger charge is 2.42. The molecule has 0 aliphatic carbocycles. The maximum absolute atomic E-state index is 15.9. The molecule has 0 spiro atoms. The summed E-state index contributed by atoms with van der Waals surface area (Å²) in [6.45, 7) is 0. The van der Waals surface area contributed by atoms with Crippen LogP contribution in [0.25, 0.3) is 94.2 Å². The summed E-state index contributed by atoms with van der Waals surface area (Å²) >= 11 is 0. The van der Waals surface area contributed by atoms with E-state index < -0.39 is 7.14 Å². The van der Waals surface area contributed by atoms with E-state index in [1.165, 1.54) is 11.1 Å². The minimum atomic E-state index is -3.21. The number of hydrogen-bond donors (Lipinski definition) is 0. The van der Waals surface area contributed by atoms with Crippen molar-refractivity contribution >= 4 is 55.6 Å². The molecule has 0 saturated heterocycles. The van der Waals surface area contributed by atoms with E-state index in [-0.39, 0.29) is 0 Å². The van der Waals surface area contributed by atoms with Crippen LogP contribution in [0, 0.1) is 0 Å². The van der Waals surface area contributed by atoms with E-state index >= 15 is 4.57 Å². The first-order valence-corrected chi connectivity index (χ1v) is 22.4. The summed E-state index contributed by atoms with van der Waals surface area (Å²) in [5.41, 5.74) is 13.7. The Morgan fingerprint density at radius 2 is 0.869 bits per heavy atom. The smallest absolute Gasteiger partial charge is 0.172 e. The lowest BCUT2D eigenvalue weighted by Crippen LogP contribution is -2.20. The van der Waals surface area contributed by atoms with E-state index in [0.29, 0.717) is 0 Å². The molecule has 12 rings (SSSR count). The van der Waals surface area contributed by atoms with Crippen molar-refractivity contribution in [3.63, 3.8) is 0 Å². The van der Waals surface area contributed by atoms with Crippen LogP contribution in [-0.2, 0) is 4.57 Å². The predicted molar refractivity (Wildman–Crippen MR) is 256 cm³/mol. The number of benzene rings is 9. The highest BCUT2D eigenvalue weighted by Crippen LogP contribution is 2.55. The average Bonchev–Trinajstić information content (AvgIpc) is 3.82. The summed E-state index contributed by atoms with van der Waals surface area (Å²) in [6, 6.07) is 78.7. The van der Waals surface area contributed by atoms with E-state index in [2.05, 4.69) is 180 Å². The molecule has 11 aromatic rings. The molecule has 61 heavy (non-hydrogen) atoms. The monoisotopic (exact) mass is 796 g/mol. The third-order valence-corrected chi connectivity index (χ3v) is 15.6. The predicted octanol–water partition coefficient (Wildman–Crippen LogP) is 13.6. The van der Waals surface area contributed by atoms with Gasteiger partial charge in [0.1, 0.15) is 0 Å². The summed E-state index contributed by atoms with van der Waals surface area (Å²) in [6.07, 6.45) is 0. The van der Waals surface area contributed by atoms with Crippen molar-refractivity contribution < 1.29 is 4.57 Å². The van der Waals surface area contributed by atoms with Gasteiger partial charge in [0.25, 0.3) is 0 Å². The van der Waals surface area contributed by atoms with Crippen LogP contribution in [0.5, 0.6) is 0 Å². The molecule has 0 bridgehead atoms. The van der Waals surface area contributed by atoms with Gasteiger partial charge in [-0.2, -0.15) is 0 Å². The standard InChI is InChI=1S/C57H37N2OP/c60-61(46-19-8-3-9-20-46)53-23-13-12-22-50(53)55-54(61)35-34-49-48-33-32-42-18-10-11-21-47(42)56(48)59(57(49)55)45-36-51(43-28-24-40(25-29-43)38-14-4-1-5-15-38)58-52(37-45)44-30-26-41(27-31-44)39-16-6-2-7-17-39/h1-37H. The molecule has 9 aromatic carbocycles. The summed E-state index contributed by atoms with van der Waals surface area (Å²) < 4.78 is 18.3. The van der Waals surface area contributed by atoms with Gasteiger partial charge in [0.05, 0.1) is 28.1 Å². The number of pyridine rings is 1. The Hall–Kier alpha value is -7.58. The van der Waals surface area contributed by atoms with Crippen LogP contribution in [0.15, 0.2) is 224 Å². The molecule has 3 heterocycles. The SMILES string of the molecule is O=P1(c2ccccc2)c2ccccc2-c2c1ccc1c3ccc4ccccc4c3n(-c3cc(-c4ccc(-c5ccccc5)cc4)nc(-c4ccc(-c5ccccc5)cc4)c3)c21. The molecule has 1 atom stereocenters. The summed E-state index contributed by atoms with van der Waals surface area (Å²) in [5, 5.41) is 7.20. The minimum absolute atomic E-state index is 0.847. The van der Waals surface area contributed by atoms with Crippen molar-refractivity contribution in [3.05, 3.63) is 224 Å². The Labute approximate surface area is 354 Å². The average molecular weight is 797 g/mol. The normalized spacial score (nSPS) is 14.4. The van der Waals surface area contributed by atoms with Crippen molar-refractivity contribution in [1.29, 1.82) is 0 Å². The van der Waals surface area contributed by atoms with Gasteiger partial charge in [0.2, 0.25) is 0 Å². The van der Waals surface area contributed by atoms with Gasteiger partial charge >= 0.3 is 0 Å². The number of rotatable bonds is 6. The zero-order chi connectivity index (χ0) is 40.5. The van der Waals surface area contributed by atoms with Crippen molar-refractivity contribution in [1.82, 2.24) is 9.55 Å². The lowest BCUT2D eigenvalue weighted by molar-refractivity contribution is 0.593. The molecule has 0 radical (unpaired) electrons. The van der Waals surface area contributed by atoms with Gasteiger partial charge in [0.15, 0.2) is 7.14 Å². The number of hydrogen-bond acceptors (Lipinski definition) is 2. The summed E-state index contributed by atoms with van der Waals surface area (Å²) in [7, 11) is -3.21. The lowest BCUT2D eigenvalue weighted by atomic mass is 10.0. The molecular weight excluding hydrogens is 760 g/mol. The van der Waals surface area contributed by atoms with Gasteiger partial charge in [-0.15, -0.1) is 0 Å². The van der Waals surface area contributed by atoms with E-state index in [0.717, 1.165) is 98.9 Å². The highest BCUT2D eigenvalue weighted by molar-refractivity contribution is 7.86. The third-order valence-electron chi connectivity index (χ3n) is 12.4. The van der Waals surface area contributed by atoms with Gasteiger partial charge in [-0.1, -0.05) is 206 Å². The second kappa shape index (κ2) is 14.0. The van der Waals surface area contributed by atoms with Gasteiger partial charge in [-0.3, -0.25) is 0 Å². The van der Waals surface area contributed by atoms with E-state index in [1.807, 2.05) is 48.5 Å². The molecule has 4 heteroatoms. The van der Waals surface area contributed by atoms with E-state index in [9.17, 15) is 0 Å². The van der Waals surface area contributed by atoms with Crippen LogP contribution < -0.4 is 15.9 Å². The molecule has 3 nitrogen and oxygen atoms in total. The second-order valence-electron chi connectivity index (χ2n) is 15.8. The maximum Gasteiger partial charge on any atom is 0.172 e. The fraction of sp³-hybridized carbons (Fsp3) is 0. The Kier molecular flexibility index (Phi) is 8.13. The van der Waals surface area contributed by atoms with Crippen LogP contribution in [0.4, 0.5) is 0 Å². The van der Waals surface area contributed by atoms with Crippen molar-refractivity contribution in [3.8, 4) is 61.6 Å². The van der Waals surface area contributed by atoms with Crippen molar-refractivity contribution in [2.45, 2.75) is 0 Å². The fourth-order valence-electron chi connectivity index (χ4n) is 9.52. The summed E-state index contributed by atoms with van der Waals surface area (Å²) in [5.74, 6) is 0. The number of nitrogens with zero attached hydrogens (tertiary/aromatic N) is 2. The second-order valence-corrected chi connectivity index (χ2v) is 18.5. The maximum atomic E-state index is 15.9. The van der Waals surface area contributed by atoms with Crippen LogP contribution in [0.3, 0.4) is 0 Å². The molecule has 0 saturated carbocycles. The molecule has 0 N–H and O–H groups in total. The zero-order valence-electron chi connectivity index (χ0n) is 33.1. The summed E-state index contributed by atoms with van der Waals surface area (Å²) in [4.78, 5) is 5.42. The molecule has 0 fully saturated rings. The van der Waals surface area contributed by atoms with Crippen LogP contribution in [0.1, 0.15) is 0 Å². The highest BCUT2D eigenvalue weighted by atomic mass is 31.2. The molecule has 0 amide bonds. The third kappa shape index (κ3) is 5.59. The number of fused-ring (bicyclic) bond motifs is 9. The Morgan fingerprint density at radius 1 is 0.377 bits per heavy atom. The molecule has 1 aliphatic heterocycles. The molecule has 2 aromatic heterocycles. The minimum Gasteiger partial charge on any atom is -0.309 e. The number of aromatic nitrogens is 2. The van der Waals surface area contributed by atoms with Crippen LogP contribution in [0.2, 0.25) is 0 Å². The largest absolute Gasteiger partial charge is 0.309 e. The molecule has 1 aliphatic rings. The van der Waals surface area contributed by atoms with E-state index in [4.69, 9.17) is 4.98 Å². The van der Waals surface area contributed by atoms with E-state index in [1.54, 1.807) is 0 Å². The van der Waals surface area contributed by atoms with Crippen LogP contribution in [-0.4, -0.2) is 9.55 Å². The van der Waals surface area contributed by atoms with Gasteiger partial charge in [-0.25, -0.2) is 4.98 Å². The quantitative estimate of drug-likeness (QED) is 0.157. The van der Waals surface area contributed by atoms with Gasteiger partial charge in [0, 0.05) is 48.8 Å². The van der Waals surface area contributed by atoms with Crippen molar-refractivity contribution in [2.75, 3.05) is 0 Å². The first-order valence-electron chi connectivity index (χ1n) is 20.7. The van der Waals surface area contributed by atoms with Gasteiger partial charge < -0.3 is 9.13 Å². The molecular formula is C57H37N2OP. The van der Waals surface area contributed by atoms with Crippen LogP contribution >= 0.6 is 7.14 Å². The van der Waals surface area contributed by atoms with Crippen molar-refractivity contribution in [2.24, 2.45) is 0 Å². The topological polar surface area (TPSA) is 34.9 Å². The Bertz CT molecular complexity index is 3420. The molecule has 1 unspecified atom stereocenters.